The van der Waals surface area contributed by atoms with Gasteiger partial charge in [-0.3, -0.25) is 0 Å². The van der Waals surface area contributed by atoms with Crippen molar-refractivity contribution >= 4 is 12.4 Å². The maximum atomic E-state index is 3.65. The van der Waals surface area contributed by atoms with Gasteiger partial charge >= 0.3 is 0 Å². The molecule has 0 bridgehead atoms. The van der Waals surface area contributed by atoms with Crippen LogP contribution in [-0.2, 0) is 0 Å². The Bertz CT molecular complexity index is 121. The summed E-state index contributed by atoms with van der Waals surface area (Å²) in [5, 5.41) is 3.65. The zero-order valence-electron chi connectivity index (χ0n) is 9.72. The van der Waals surface area contributed by atoms with Gasteiger partial charge in [-0.2, -0.15) is 0 Å². The van der Waals surface area contributed by atoms with Crippen LogP contribution < -0.4 is 5.32 Å². The highest BCUT2D eigenvalue weighted by Crippen LogP contribution is 2.22. The second-order valence-electron chi connectivity index (χ2n) is 4.60. The zero-order valence-corrected chi connectivity index (χ0v) is 10.5. The van der Waals surface area contributed by atoms with Crippen LogP contribution in [0.5, 0.6) is 0 Å². The third-order valence-corrected chi connectivity index (χ3v) is 3.20. The van der Waals surface area contributed by atoms with Gasteiger partial charge < -0.3 is 5.32 Å². The van der Waals surface area contributed by atoms with Crippen LogP contribution in [0.3, 0.4) is 0 Å². The third-order valence-electron chi connectivity index (χ3n) is 3.20. The molecular formula is C12H26ClN. The van der Waals surface area contributed by atoms with E-state index in [9.17, 15) is 0 Å². The van der Waals surface area contributed by atoms with Crippen LogP contribution in [0.1, 0.15) is 58.8 Å². The summed E-state index contributed by atoms with van der Waals surface area (Å²) in [5.41, 5.74) is 0. The lowest BCUT2D eigenvalue weighted by Crippen LogP contribution is -2.31. The molecule has 0 heterocycles. The van der Waals surface area contributed by atoms with Gasteiger partial charge in [0.05, 0.1) is 0 Å². The largest absolute Gasteiger partial charge is 0.314 e. The summed E-state index contributed by atoms with van der Waals surface area (Å²) in [6, 6.07) is 0.729. The molecule has 1 fully saturated rings. The molecule has 1 N–H and O–H groups in total. The summed E-state index contributed by atoms with van der Waals surface area (Å²) >= 11 is 0. The standard InChI is InChI=1S/C12H25N.ClH/c1-3-7-11(2)13-10-12-8-5-4-6-9-12;/h11-13H,3-10H2,1-2H3;1H. The van der Waals surface area contributed by atoms with Crippen LogP contribution in [0.4, 0.5) is 0 Å². The predicted octanol–water partition coefficient (Wildman–Crippen LogP) is 3.77. The quantitative estimate of drug-likeness (QED) is 0.743. The molecule has 1 rings (SSSR count). The summed E-state index contributed by atoms with van der Waals surface area (Å²) in [7, 11) is 0. The third kappa shape index (κ3) is 5.87. The maximum absolute atomic E-state index is 3.65. The molecule has 0 spiro atoms. The molecule has 0 aromatic carbocycles. The van der Waals surface area contributed by atoms with E-state index in [-0.39, 0.29) is 12.4 Å². The fraction of sp³-hybridized carbons (Fsp3) is 1.00. The van der Waals surface area contributed by atoms with Crippen LogP contribution in [0.2, 0.25) is 0 Å². The number of hydrogen-bond acceptors (Lipinski definition) is 1. The molecule has 1 atom stereocenters. The topological polar surface area (TPSA) is 12.0 Å². The van der Waals surface area contributed by atoms with Crippen LogP contribution >= 0.6 is 12.4 Å². The van der Waals surface area contributed by atoms with E-state index >= 15 is 0 Å². The van der Waals surface area contributed by atoms with Crippen molar-refractivity contribution in [2.75, 3.05) is 6.54 Å². The Kier molecular flexibility index (Phi) is 8.70. The molecule has 1 nitrogen and oxygen atoms in total. The van der Waals surface area contributed by atoms with Crippen molar-refractivity contribution in [2.45, 2.75) is 64.8 Å². The molecule has 1 unspecified atom stereocenters. The van der Waals surface area contributed by atoms with Crippen molar-refractivity contribution in [1.82, 2.24) is 5.32 Å². The number of halogens is 1. The molecule has 0 aliphatic heterocycles. The summed E-state index contributed by atoms with van der Waals surface area (Å²) in [5.74, 6) is 0.980. The van der Waals surface area contributed by atoms with Crippen molar-refractivity contribution in [1.29, 1.82) is 0 Å². The minimum absolute atomic E-state index is 0. The van der Waals surface area contributed by atoms with Crippen LogP contribution in [-0.4, -0.2) is 12.6 Å². The Hall–Kier alpha value is 0.250. The molecule has 86 valence electrons. The second kappa shape index (κ2) is 8.55. The van der Waals surface area contributed by atoms with Gasteiger partial charge in [-0.25, -0.2) is 0 Å². The van der Waals surface area contributed by atoms with E-state index in [2.05, 4.69) is 19.2 Å². The molecule has 0 aromatic rings. The highest BCUT2D eigenvalue weighted by atomic mass is 35.5. The highest BCUT2D eigenvalue weighted by molar-refractivity contribution is 5.85. The van der Waals surface area contributed by atoms with Gasteiger partial charge in [0.2, 0.25) is 0 Å². The van der Waals surface area contributed by atoms with Gasteiger partial charge in [-0.15, -0.1) is 12.4 Å². The van der Waals surface area contributed by atoms with Crippen LogP contribution in [0.15, 0.2) is 0 Å². The van der Waals surface area contributed by atoms with E-state index in [1.807, 2.05) is 0 Å². The second-order valence-corrected chi connectivity index (χ2v) is 4.60. The van der Waals surface area contributed by atoms with Crippen molar-refractivity contribution in [3.05, 3.63) is 0 Å². The molecule has 0 saturated heterocycles. The first-order valence-corrected chi connectivity index (χ1v) is 6.06. The summed E-state index contributed by atoms with van der Waals surface area (Å²) in [6.07, 6.45) is 9.97. The minimum atomic E-state index is 0. The smallest absolute Gasteiger partial charge is 0.00387 e. The van der Waals surface area contributed by atoms with Gasteiger partial charge in [0, 0.05) is 6.04 Å². The highest BCUT2D eigenvalue weighted by Gasteiger charge is 2.13. The van der Waals surface area contributed by atoms with E-state index in [1.165, 1.54) is 51.5 Å². The predicted molar refractivity (Wildman–Crippen MR) is 66.2 cm³/mol. The molecule has 0 aromatic heterocycles. The lowest BCUT2D eigenvalue weighted by atomic mass is 9.89. The Labute approximate surface area is 95.5 Å². The molecule has 1 saturated carbocycles. The molecule has 1 aliphatic carbocycles. The Balaban J connectivity index is 0.00000169. The number of hydrogen-bond donors (Lipinski definition) is 1. The number of rotatable bonds is 5. The first kappa shape index (κ1) is 14.2. The van der Waals surface area contributed by atoms with Gasteiger partial charge in [-0.05, 0) is 38.6 Å². The summed E-state index contributed by atoms with van der Waals surface area (Å²) in [6.45, 7) is 5.84. The average molecular weight is 220 g/mol. The fourth-order valence-corrected chi connectivity index (χ4v) is 2.29. The minimum Gasteiger partial charge on any atom is -0.314 e. The van der Waals surface area contributed by atoms with Crippen molar-refractivity contribution in [3.63, 3.8) is 0 Å². The van der Waals surface area contributed by atoms with Crippen molar-refractivity contribution in [3.8, 4) is 0 Å². The van der Waals surface area contributed by atoms with Gasteiger partial charge in [0.15, 0.2) is 0 Å². The van der Waals surface area contributed by atoms with E-state index in [1.54, 1.807) is 0 Å². The average Bonchev–Trinajstić information content (AvgIpc) is 2.17. The summed E-state index contributed by atoms with van der Waals surface area (Å²) < 4.78 is 0. The van der Waals surface area contributed by atoms with Crippen LogP contribution in [0.25, 0.3) is 0 Å². The molecule has 0 radical (unpaired) electrons. The Morgan fingerprint density at radius 1 is 1.21 bits per heavy atom. The zero-order chi connectivity index (χ0) is 9.52. The fourth-order valence-electron chi connectivity index (χ4n) is 2.29. The summed E-state index contributed by atoms with van der Waals surface area (Å²) in [4.78, 5) is 0. The lowest BCUT2D eigenvalue weighted by Gasteiger charge is -2.23. The van der Waals surface area contributed by atoms with Gasteiger partial charge in [0.1, 0.15) is 0 Å². The Morgan fingerprint density at radius 2 is 1.86 bits per heavy atom. The van der Waals surface area contributed by atoms with E-state index in [4.69, 9.17) is 0 Å². The van der Waals surface area contributed by atoms with E-state index in [0.717, 1.165) is 12.0 Å². The van der Waals surface area contributed by atoms with Crippen LogP contribution in [0, 0.1) is 5.92 Å². The normalized spacial score (nSPS) is 20.1. The molecule has 14 heavy (non-hydrogen) atoms. The lowest BCUT2D eigenvalue weighted by molar-refractivity contribution is 0.326. The molecule has 2 heteroatoms. The van der Waals surface area contributed by atoms with E-state index < -0.39 is 0 Å². The number of nitrogens with one attached hydrogen (secondary N) is 1. The SMILES string of the molecule is CCCC(C)NCC1CCCCC1.Cl. The van der Waals surface area contributed by atoms with Gasteiger partial charge in [-0.1, -0.05) is 32.6 Å². The Morgan fingerprint density at radius 3 is 2.43 bits per heavy atom. The maximum Gasteiger partial charge on any atom is 0.00387 e. The van der Waals surface area contributed by atoms with E-state index in [0.29, 0.717) is 0 Å². The monoisotopic (exact) mass is 219 g/mol. The molecule has 0 amide bonds. The first-order chi connectivity index (χ1) is 6.33. The molecular weight excluding hydrogens is 194 g/mol. The van der Waals surface area contributed by atoms with Crippen molar-refractivity contribution < 1.29 is 0 Å². The van der Waals surface area contributed by atoms with Crippen molar-refractivity contribution in [2.24, 2.45) is 5.92 Å². The molecule has 1 aliphatic rings. The van der Waals surface area contributed by atoms with Gasteiger partial charge in [0.25, 0.3) is 0 Å². The first-order valence-electron chi connectivity index (χ1n) is 6.06.